The van der Waals surface area contributed by atoms with E-state index in [4.69, 9.17) is 13.6 Å². The number of ether oxygens (including phenoxy) is 1. The van der Waals surface area contributed by atoms with Crippen LogP contribution in [-0.4, -0.2) is 61.4 Å². The second-order valence-corrected chi connectivity index (χ2v) is 23.6. The van der Waals surface area contributed by atoms with Crippen LogP contribution in [0.15, 0.2) is 23.5 Å². The van der Waals surface area contributed by atoms with E-state index >= 15 is 0 Å². The molecule has 1 aliphatic heterocycles. The molecule has 0 aliphatic carbocycles. The Kier molecular flexibility index (Phi) is 7.96. The molecule has 3 heterocycles. The quantitative estimate of drug-likeness (QED) is 0.326. The van der Waals surface area contributed by atoms with Gasteiger partial charge in [-0.05, 0) is 61.6 Å². The van der Waals surface area contributed by atoms with Crippen LogP contribution in [0.2, 0.25) is 36.3 Å². The highest BCUT2D eigenvalue weighted by Gasteiger charge is 2.67. The number of thioether (sulfide) groups is 1. The van der Waals surface area contributed by atoms with E-state index in [0.29, 0.717) is 5.69 Å². The lowest BCUT2D eigenvalue weighted by Crippen LogP contribution is -2.53. The predicted molar refractivity (Wildman–Crippen MR) is 152 cm³/mol. The van der Waals surface area contributed by atoms with Gasteiger partial charge in [-0.25, -0.2) is 9.50 Å². The molecular formula is C26H44N4O4SSi2. The molecular weight excluding hydrogens is 521 g/mol. The molecule has 37 heavy (non-hydrogen) atoms. The Morgan fingerprint density at radius 3 is 2.24 bits per heavy atom. The number of nitrogens with zero attached hydrogens (tertiary/aromatic N) is 4. The molecule has 4 atom stereocenters. The van der Waals surface area contributed by atoms with Crippen molar-refractivity contribution >= 4 is 33.9 Å². The summed E-state index contributed by atoms with van der Waals surface area (Å²) in [4.78, 5) is 4.34. The molecule has 11 heteroatoms. The first-order valence-electron chi connectivity index (χ1n) is 12.8. The maximum atomic E-state index is 12.3. The molecule has 0 saturated carbocycles. The number of aromatic nitrogens is 3. The highest BCUT2D eigenvalue weighted by Crippen LogP contribution is 2.55. The van der Waals surface area contributed by atoms with Crippen molar-refractivity contribution in [3.63, 3.8) is 0 Å². The third kappa shape index (κ3) is 5.06. The monoisotopic (exact) mass is 564 g/mol. The van der Waals surface area contributed by atoms with Crippen LogP contribution in [0.1, 0.15) is 54.2 Å². The maximum Gasteiger partial charge on any atom is 0.232 e. The van der Waals surface area contributed by atoms with E-state index < -0.39 is 40.0 Å². The minimum atomic E-state index is -2.37. The van der Waals surface area contributed by atoms with E-state index in [1.165, 1.54) is 18.1 Å². The molecule has 1 saturated heterocycles. The average Bonchev–Trinajstić information content (AvgIpc) is 3.30. The van der Waals surface area contributed by atoms with Gasteiger partial charge in [0.15, 0.2) is 16.6 Å². The van der Waals surface area contributed by atoms with E-state index in [2.05, 4.69) is 83.9 Å². The van der Waals surface area contributed by atoms with Crippen molar-refractivity contribution in [2.24, 2.45) is 5.41 Å². The summed E-state index contributed by atoms with van der Waals surface area (Å²) in [7, 11) is -4.51. The zero-order chi connectivity index (χ0) is 28.2. The Morgan fingerprint density at radius 2 is 1.73 bits per heavy atom. The third-order valence-corrected chi connectivity index (χ3v) is 18.4. The van der Waals surface area contributed by atoms with Crippen molar-refractivity contribution in [2.75, 3.05) is 12.9 Å². The largest absolute Gasteiger partial charge is 0.414 e. The fraction of sp³-hybridized carbons (Fsp3) is 0.731. The summed E-state index contributed by atoms with van der Waals surface area (Å²) >= 11 is 1.49. The van der Waals surface area contributed by atoms with Crippen molar-refractivity contribution in [2.45, 2.75) is 108 Å². The summed E-state index contributed by atoms with van der Waals surface area (Å²) < 4.78 is 21.6. The summed E-state index contributed by atoms with van der Waals surface area (Å²) in [6, 6.07) is 6.02. The summed E-state index contributed by atoms with van der Waals surface area (Å²) in [6.45, 7) is 23.7. The lowest BCUT2D eigenvalue weighted by atomic mass is 9.77. The molecule has 206 valence electrons. The molecule has 2 aromatic heterocycles. The van der Waals surface area contributed by atoms with Gasteiger partial charge in [0.1, 0.15) is 28.6 Å². The summed E-state index contributed by atoms with van der Waals surface area (Å²) in [5, 5.41) is 28.0. The third-order valence-electron chi connectivity index (χ3n) is 8.76. The second kappa shape index (κ2) is 9.73. The van der Waals surface area contributed by atoms with E-state index in [0.717, 1.165) is 10.5 Å². The van der Waals surface area contributed by atoms with Gasteiger partial charge in [0.05, 0.1) is 24.3 Å². The van der Waals surface area contributed by atoms with Crippen LogP contribution in [0.4, 0.5) is 0 Å². The van der Waals surface area contributed by atoms with Crippen LogP contribution < -0.4 is 0 Å². The van der Waals surface area contributed by atoms with Gasteiger partial charge in [0.2, 0.25) is 5.79 Å². The molecule has 0 spiro atoms. The molecule has 0 radical (unpaired) electrons. The van der Waals surface area contributed by atoms with Crippen molar-refractivity contribution in [3.8, 4) is 6.07 Å². The van der Waals surface area contributed by atoms with Crippen LogP contribution >= 0.6 is 11.8 Å². The average molecular weight is 565 g/mol. The minimum Gasteiger partial charge on any atom is -0.414 e. The summed E-state index contributed by atoms with van der Waals surface area (Å²) in [5.41, 5.74) is -0.309. The van der Waals surface area contributed by atoms with Gasteiger partial charge in [0.25, 0.3) is 0 Å². The topological polar surface area (TPSA) is 102 Å². The second-order valence-electron chi connectivity index (χ2n) is 13.3. The van der Waals surface area contributed by atoms with Crippen molar-refractivity contribution in [1.82, 2.24) is 14.6 Å². The molecule has 8 nitrogen and oxygen atoms in total. The van der Waals surface area contributed by atoms with Crippen LogP contribution in [0.5, 0.6) is 0 Å². The SMILES string of the molecule is CSc1ncnn2c(C3(O)O[C@H](CO[Si](C)(C)C(C)(C)C)[C@@H](O[Si](C)(C)C(C)(C)C)[C@@]3(C)C#N)ccc12. The Labute approximate surface area is 228 Å². The summed E-state index contributed by atoms with van der Waals surface area (Å²) in [6.07, 6.45) is 2.03. The van der Waals surface area contributed by atoms with Gasteiger partial charge in [-0.2, -0.15) is 10.4 Å². The van der Waals surface area contributed by atoms with E-state index in [-0.39, 0.29) is 16.7 Å². The van der Waals surface area contributed by atoms with Crippen molar-refractivity contribution in [1.29, 1.82) is 5.26 Å². The smallest absolute Gasteiger partial charge is 0.232 e. The standard InChI is InChI=1S/C26H44N4O4SSi2/c1-23(2,3)36(9,10)32-15-19-21(34-37(11,12)24(4,5)6)25(7,16-27)26(31,33-19)20-14-13-18-22(35-8)28-17-29-30(18)20/h13-14,17,19,21,31H,15H2,1-12H3/t19-,21-,25-,26?/m1/s1. The van der Waals surface area contributed by atoms with Gasteiger partial charge >= 0.3 is 0 Å². The van der Waals surface area contributed by atoms with Crippen LogP contribution in [0.3, 0.4) is 0 Å². The normalized spacial score (nSPS) is 27.6. The van der Waals surface area contributed by atoms with Crippen LogP contribution in [0, 0.1) is 16.7 Å². The Bertz CT molecular complexity index is 1180. The minimum absolute atomic E-state index is 0.000897. The first-order chi connectivity index (χ1) is 16.8. The zero-order valence-electron chi connectivity index (χ0n) is 24.5. The molecule has 0 bridgehead atoms. The molecule has 3 rings (SSSR count). The molecule has 1 aliphatic rings. The predicted octanol–water partition coefficient (Wildman–Crippen LogP) is 5.94. The van der Waals surface area contributed by atoms with Gasteiger partial charge in [-0.3, -0.25) is 0 Å². The Balaban J connectivity index is 2.15. The molecule has 2 aromatic rings. The molecule has 0 amide bonds. The zero-order valence-corrected chi connectivity index (χ0v) is 27.3. The first-order valence-corrected chi connectivity index (χ1v) is 19.8. The van der Waals surface area contributed by atoms with Crippen LogP contribution in [0.25, 0.3) is 5.52 Å². The lowest BCUT2D eigenvalue weighted by molar-refractivity contribution is -0.240. The van der Waals surface area contributed by atoms with E-state index in [1.54, 1.807) is 17.5 Å². The molecule has 1 fully saturated rings. The Morgan fingerprint density at radius 1 is 1.14 bits per heavy atom. The van der Waals surface area contributed by atoms with E-state index in [1.807, 2.05) is 12.3 Å². The number of hydrogen-bond acceptors (Lipinski definition) is 8. The molecule has 1 N–H and O–H groups in total. The van der Waals surface area contributed by atoms with Gasteiger partial charge in [-0.1, -0.05) is 41.5 Å². The fourth-order valence-corrected chi connectivity index (χ4v) is 6.98. The van der Waals surface area contributed by atoms with Gasteiger partial charge in [-0.15, -0.1) is 11.8 Å². The Hall–Kier alpha value is -1.27. The van der Waals surface area contributed by atoms with Gasteiger partial charge < -0.3 is 18.7 Å². The molecule has 0 aromatic carbocycles. The van der Waals surface area contributed by atoms with Crippen molar-refractivity contribution < 1.29 is 18.7 Å². The first kappa shape index (κ1) is 30.3. The highest BCUT2D eigenvalue weighted by atomic mass is 32.2. The number of hydrogen-bond donors (Lipinski definition) is 1. The summed E-state index contributed by atoms with van der Waals surface area (Å²) in [5.74, 6) is -1.98. The maximum absolute atomic E-state index is 12.3. The lowest BCUT2D eigenvalue weighted by Gasteiger charge is -2.43. The number of fused-ring (bicyclic) bond motifs is 1. The number of rotatable bonds is 7. The highest BCUT2D eigenvalue weighted by molar-refractivity contribution is 7.98. The fourth-order valence-electron chi connectivity index (χ4n) is 4.07. The molecule has 1 unspecified atom stereocenters. The number of nitriles is 1. The van der Waals surface area contributed by atoms with E-state index in [9.17, 15) is 10.4 Å². The van der Waals surface area contributed by atoms with Crippen molar-refractivity contribution in [3.05, 3.63) is 24.2 Å². The van der Waals surface area contributed by atoms with Gasteiger partial charge in [0, 0.05) is 0 Å². The van der Waals surface area contributed by atoms with Crippen LogP contribution in [-0.2, 0) is 19.4 Å². The number of aliphatic hydroxyl groups is 1.